The lowest BCUT2D eigenvalue weighted by Crippen LogP contribution is -2.15. The van der Waals surface area contributed by atoms with Crippen LogP contribution in [0.3, 0.4) is 0 Å². The first kappa shape index (κ1) is 18.7. The van der Waals surface area contributed by atoms with E-state index in [0.29, 0.717) is 0 Å². The van der Waals surface area contributed by atoms with Gasteiger partial charge in [-0.1, -0.05) is 26.0 Å². The van der Waals surface area contributed by atoms with Crippen LogP contribution in [0.1, 0.15) is 35.5 Å². The number of methoxy groups -OCH3 is 1. The molecular weight excluding hydrogens is 325 g/mol. The largest absolute Gasteiger partial charge is 0.497 e. The van der Waals surface area contributed by atoms with Crippen molar-refractivity contribution >= 4 is 5.97 Å². The van der Waals surface area contributed by atoms with E-state index in [0.717, 1.165) is 11.3 Å². The van der Waals surface area contributed by atoms with Crippen molar-refractivity contribution in [2.24, 2.45) is 5.92 Å². The van der Waals surface area contributed by atoms with Crippen LogP contribution in [0.15, 0.2) is 30.5 Å². The molecule has 0 bridgehead atoms. The lowest BCUT2D eigenvalue weighted by atomic mass is 10.2. The van der Waals surface area contributed by atoms with Crippen molar-refractivity contribution in [3.8, 4) is 11.5 Å². The van der Waals surface area contributed by atoms with Crippen LogP contribution in [0.5, 0.6) is 11.5 Å². The molecule has 6 heteroatoms. The molecule has 0 atom stereocenters. The molecule has 0 aliphatic rings. The average molecular weight is 347 g/mol. The number of carbonyl (C=O) groups is 1. The van der Waals surface area contributed by atoms with E-state index in [1.807, 2.05) is 26.0 Å². The second-order valence-electron chi connectivity index (χ2n) is 6.03. The van der Waals surface area contributed by atoms with E-state index in [4.69, 9.17) is 14.2 Å². The minimum atomic E-state index is -0.749. The predicted molar refractivity (Wildman–Crippen MR) is 91.4 cm³/mol. The molecule has 1 heterocycles. The Balaban J connectivity index is 2.18. The van der Waals surface area contributed by atoms with Crippen molar-refractivity contribution < 1.29 is 23.4 Å². The van der Waals surface area contributed by atoms with Crippen molar-refractivity contribution in [3.63, 3.8) is 0 Å². The zero-order valence-corrected chi connectivity index (χ0v) is 14.8. The van der Waals surface area contributed by atoms with E-state index in [-0.39, 0.29) is 36.1 Å². The Hall–Kier alpha value is -2.63. The Morgan fingerprint density at radius 1 is 1.24 bits per heavy atom. The lowest BCUT2D eigenvalue weighted by molar-refractivity contribution is 0.0447. The molecule has 134 valence electrons. The molecule has 0 spiro atoms. The monoisotopic (exact) mass is 347 g/mol. The van der Waals surface area contributed by atoms with Crippen molar-refractivity contribution in [3.05, 3.63) is 53.1 Å². The third-order valence-corrected chi connectivity index (χ3v) is 3.46. The van der Waals surface area contributed by atoms with Crippen LogP contribution in [-0.4, -0.2) is 24.7 Å². The first-order valence-electron chi connectivity index (χ1n) is 8.00. The van der Waals surface area contributed by atoms with Gasteiger partial charge in [-0.15, -0.1) is 0 Å². The number of aryl methyl sites for hydroxylation is 1. The second-order valence-corrected chi connectivity index (χ2v) is 6.03. The molecule has 1 aromatic heterocycles. The molecule has 5 nitrogen and oxygen atoms in total. The van der Waals surface area contributed by atoms with Gasteiger partial charge in [0.05, 0.1) is 25.6 Å². The molecule has 1 aromatic carbocycles. The molecule has 2 aromatic rings. The molecule has 0 radical (unpaired) electrons. The summed E-state index contributed by atoms with van der Waals surface area (Å²) in [6.07, 6.45) is 1.34. The molecule has 0 aliphatic carbocycles. The van der Waals surface area contributed by atoms with Crippen molar-refractivity contribution in [1.82, 2.24) is 4.98 Å². The summed E-state index contributed by atoms with van der Waals surface area (Å²) in [7, 11) is 1.58. The van der Waals surface area contributed by atoms with E-state index < -0.39 is 11.8 Å². The van der Waals surface area contributed by atoms with Crippen LogP contribution in [0, 0.1) is 18.7 Å². The Bertz CT molecular complexity index is 729. The highest BCUT2D eigenvalue weighted by Crippen LogP contribution is 2.25. The number of nitrogens with zero attached hydrogens (tertiary/aromatic N) is 1. The normalized spacial score (nSPS) is 10.6. The number of carbonyl (C=O) groups excluding carboxylic acids is 1. The Morgan fingerprint density at radius 3 is 2.52 bits per heavy atom. The molecular formula is C19H22FNO4. The topological polar surface area (TPSA) is 57.7 Å². The van der Waals surface area contributed by atoms with Crippen molar-refractivity contribution in [1.29, 1.82) is 0 Å². The smallest absolute Gasteiger partial charge is 0.345 e. The summed E-state index contributed by atoms with van der Waals surface area (Å²) in [4.78, 5) is 16.2. The number of aromatic nitrogens is 1. The fraction of sp³-hybridized carbons (Fsp3) is 0.368. The summed E-state index contributed by atoms with van der Waals surface area (Å²) < 4.78 is 30.3. The van der Waals surface area contributed by atoms with Gasteiger partial charge in [-0.3, -0.25) is 4.98 Å². The highest BCUT2D eigenvalue weighted by atomic mass is 19.1. The average Bonchev–Trinajstić information content (AvgIpc) is 2.61. The Morgan fingerprint density at radius 2 is 1.92 bits per heavy atom. The van der Waals surface area contributed by atoms with Gasteiger partial charge in [0.2, 0.25) is 0 Å². The van der Waals surface area contributed by atoms with E-state index >= 15 is 0 Å². The van der Waals surface area contributed by atoms with Crippen LogP contribution in [0.2, 0.25) is 0 Å². The Kier molecular flexibility index (Phi) is 6.33. The molecule has 0 N–H and O–H groups in total. The Labute approximate surface area is 146 Å². The van der Waals surface area contributed by atoms with Gasteiger partial charge >= 0.3 is 5.97 Å². The third kappa shape index (κ3) is 4.92. The molecule has 0 unspecified atom stereocenters. The standard InChI is InChI=1S/C19H22FNO4/c1-12(2)10-25-19(22)17-16(9-21-13(3)18(17)20)24-11-14-5-7-15(23-4)8-6-14/h5-9,12H,10-11H2,1-4H3. The first-order valence-corrected chi connectivity index (χ1v) is 8.00. The number of halogens is 1. The summed E-state index contributed by atoms with van der Waals surface area (Å²) in [6, 6.07) is 7.25. The maximum atomic E-state index is 14.4. The predicted octanol–water partition coefficient (Wildman–Crippen LogP) is 3.93. The number of rotatable bonds is 7. The molecule has 2 rings (SSSR count). The number of pyridine rings is 1. The maximum absolute atomic E-state index is 14.4. The summed E-state index contributed by atoms with van der Waals surface area (Å²) >= 11 is 0. The highest BCUT2D eigenvalue weighted by molar-refractivity contribution is 5.92. The van der Waals surface area contributed by atoms with E-state index in [2.05, 4.69) is 4.98 Å². The number of hydrogen-bond donors (Lipinski definition) is 0. The zero-order valence-electron chi connectivity index (χ0n) is 14.8. The highest BCUT2D eigenvalue weighted by Gasteiger charge is 2.23. The fourth-order valence-electron chi connectivity index (χ4n) is 2.06. The number of hydrogen-bond acceptors (Lipinski definition) is 5. The van der Waals surface area contributed by atoms with Crippen LogP contribution in [0.4, 0.5) is 4.39 Å². The molecule has 0 saturated heterocycles. The van der Waals surface area contributed by atoms with Crippen LogP contribution >= 0.6 is 0 Å². The lowest BCUT2D eigenvalue weighted by Gasteiger charge is -2.14. The molecule has 0 fully saturated rings. The summed E-state index contributed by atoms with van der Waals surface area (Å²) in [5, 5.41) is 0. The van der Waals surface area contributed by atoms with E-state index in [1.165, 1.54) is 13.1 Å². The van der Waals surface area contributed by atoms with E-state index in [9.17, 15) is 9.18 Å². The van der Waals surface area contributed by atoms with Crippen molar-refractivity contribution in [2.75, 3.05) is 13.7 Å². The number of esters is 1. The van der Waals surface area contributed by atoms with Gasteiger partial charge in [-0.25, -0.2) is 9.18 Å². The summed E-state index contributed by atoms with van der Waals surface area (Å²) in [5.74, 6) is -0.529. The zero-order chi connectivity index (χ0) is 18.4. The van der Waals surface area contributed by atoms with Gasteiger partial charge in [0.15, 0.2) is 11.6 Å². The van der Waals surface area contributed by atoms with Crippen LogP contribution in [-0.2, 0) is 11.3 Å². The molecule has 0 saturated carbocycles. The minimum absolute atomic E-state index is 0.0627. The molecule has 0 aliphatic heterocycles. The maximum Gasteiger partial charge on any atom is 0.345 e. The SMILES string of the molecule is COc1ccc(COc2cnc(C)c(F)c2C(=O)OCC(C)C)cc1. The van der Waals surface area contributed by atoms with Gasteiger partial charge in [-0.05, 0) is 30.5 Å². The van der Waals surface area contributed by atoms with Gasteiger partial charge in [-0.2, -0.15) is 0 Å². The molecule has 25 heavy (non-hydrogen) atoms. The summed E-state index contributed by atoms with van der Waals surface area (Å²) in [5.41, 5.74) is 0.748. The summed E-state index contributed by atoms with van der Waals surface area (Å²) in [6.45, 7) is 5.67. The fourth-order valence-corrected chi connectivity index (χ4v) is 2.06. The van der Waals surface area contributed by atoms with Gasteiger partial charge in [0.25, 0.3) is 0 Å². The van der Waals surface area contributed by atoms with Crippen LogP contribution < -0.4 is 9.47 Å². The number of ether oxygens (including phenoxy) is 3. The van der Waals surface area contributed by atoms with Crippen molar-refractivity contribution in [2.45, 2.75) is 27.4 Å². The van der Waals surface area contributed by atoms with E-state index in [1.54, 1.807) is 19.2 Å². The quantitative estimate of drug-likeness (QED) is 0.710. The second kappa shape index (κ2) is 8.46. The van der Waals surface area contributed by atoms with Gasteiger partial charge in [0, 0.05) is 0 Å². The van der Waals surface area contributed by atoms with Gasteiger partial charge < -0.3 is 14.2 Å². The van der Waals surface area contributed by atoms with Crippen LogP contribution in [0.25, 0.3) is 0 Å². The first-order chi connectivity index (χ1) is 11.9. The minimum Gasteiger partial charge on any atom is -0.497 e. The number of benzene rings is 1. The molecule has 0 amide bonds. The van der Waals surface area contributed by atoms with Gasteiger partial charge in [0.1, 0.15) is 17.9 Å². The third-order valence-electron chi connectivity index (χ3n) is 3.46.